The number of amides is 1. The van der Waals surface area contributed by atoms with Crippen molar-refractivity contribution in [1.29, 1.82) is 0 Å². The van der Waals surface area contributed by atoms with Crippen molar-refractivity contribution in [2.45, 2.75) is 20.8 Å². The number of anilines is 2. The smallest absolute Gasteiger partial charge is 0.242 e. The van der Waals surface area contributed by atoms with E-state index in [0.29, 0.717) is 6.54 Å². The predicted molar refractivity (Wildman–Crippen MR) is 94.7 cm³/mol. The van der Waals surface area contributed by atoms with Gasteiger partial charge in [-0.05, 0) is 24.0 Å². The van der Waals surface area contributed by atoms with Crippen LogP contribution in [0.15, 0.2) is 24.3 Å². The quantitative estimate of drug-likeness (QED) is 0.844. The molecule has 0 spiro atoms. The third-order valence-corrected chi connectivity index (χ3v) is 5.76. The number of nitrogens with zero attached hydrogens (tertiary/aromatic N) is 2. The molecule has 1 heterocycles. The van der Waals surface area contributed by atoms with Gasteiger partial charge in [0.05, 0.1) is 17.1 Å². The molecule has 1 aliphatic heterocycles. The summed E-state index contributed by atoms with van der Waals surface area (Å²) >= 11 is 0. The molecule has 2 rings (SSSR count). The highest BCUT2D eigenvalue weighted by Gasteiger charge is 2.29. The summed E-state index contributed by atoms with van der Waals surface area (Å²) in [6, 6.07) is 7.67. The molecule has 0 bridgehead atoms. The first-order valence-electron chi connectivity index (χ1n) is 8.00. The van der Waals surface area contributed by atoms with Crippen molar-refractivity contribution in [3.63, 3.8) is 0 Å². The summed E-state index contributed by atoms with van der Waals surface area (Å²) in [5.41, 5.74) is 1.76. The van der Waals surface area contributed by atoms with Crippen molar-refractivity contribution < 1.29 is 13.2 Å². The maximum absolute atomic E-state index is 12.7. The van der Waals surface area contributed by atoms with Crippen molar-refractivity contribution >= 4 is 27.1 Å². The Kier molecular flexibility index (Phi) is 5.34. The normalized spacial score (nSPS) is 18.7. The molecule has 23 heavy (non-hydrogen) atoms. The first-order chi connectivity index (χ1) is 10.7. The Balaban J connectivity index is 2.30. The zero-order valence-corrected chi connectivity index (χ0v) is 15.1. The van der Waals surface area contributed by atoms with Crippen molar-refractivity contribution in [2.24, 2.45) is 11.8 Å². The van der Waals surface area contributed by atoms with Crippen LogP contribution in [0.2, 0.25) is 0 Å². The number of carbonyl (C=O) groups excluding carboxylic acids is 1. The molecule has 0 saturated heterocycles. The molecule has 5 nitrogen and oxygen atoms in total. The van der Waals surface area contributed by atoms with Crippen LogP contribution >= 0.6 is 0 Å². The minimum absolute atomic E-state index is 0.0225. The van der Waals surface area contributed by atoms with Crippen LogP contribution in [0, 0.1) is 11.8 Å². The second-order valence-corrected chi connectivity index (χ2v) is 9.04. The van der Waals surface area contributed by atoms with E-state index in [-0.39, 0.29) is 23.5 Å². The van der Waals surface area contributed by atoms with Gasteiger partial charge < -0.3 is 9.80 Å². The molecule has 0 aliphatic carbocycles. The van der Waals surface area contributed by atoms with Gasteiger partial charge in [0.25, 0.3) is 0 Å². The average molecular weight is 338 g/mol. The molecule has 128 valence electrons. The molecule has 0 unspecified atom stereocenters. The van der Waals surface area contributed by atoms with Crippen molar-refractivity contribution in [1.82, 2.24) is 0 Å². The van der Waals surface area contributed by atoms with E-state index in [4.69, 9.17) is 0 Å². The summed E-state index contributed by atoms with van der Waals surface area (Å²) in [7, 11) is -1.38. The van der Waals surface area contributed by atoms with E-state index in [1.807, 2.05) is 45.2 Å². The van der Waals surface area contributed by atoms with Crippen LogP contribution in [0.1, 0.15) is 20.8 Å². The fourth-order valence-corrected chi connectivity index (χ4v) is 4.78. The highest BCUT2D eigenvalue weighted by atomic mass is 32.2. The lowest BCUT2D eigenvalue weighted by Gasteiger charge is -2.24. The molecular weight excluding hydrogens is 312 g/mol. The number of carbonyl (C=O) groups is 1. The third-order valence-electron chi connectivity index (χ3n) is 3.90. The molecule has 1 aliphatic rings. The second-order valence-electron chi connectivity index (χ2n) is 6.93. The van der Waals surface area contributed by atoms with Crippen LogP contribution in [0.5, 0.6) is 0 Å². The van der Waals surface area contributed by atoms with Gasteiger partial charge in [-0.25, -0.2) is 8.42 Å². The number of hydrogen-bond acceptors (Lipinski definition) is 4. The van der Waals surface area contributed by atoms with Gasteiger partial charge in [0, 0.05) is 20.1 Å². The molecular formula is C17H26N2O3S. The molecule has 0 radical (unpaired) electrons. The van der Waals surface area contributed by atoms with Crippen molar-refractivity contribution in [2.75, 3.05) is 41.4 Å². The molecule has 0 aromatic heterocycles. The second kappa shape index (κ2) is 6.91. The number of fused-ring (bicyclic) bond motifs is 1. The summed E-state index contributed by atoms with van der Waals surface area (Å²) in [5, 5.41) is 0. The summed E-state index contributed by atoms with van der Waals surface area (Å²) in [6.45, 7) is 7.14. The Morgan fingerprint density at radius 2 is 1.83 bits per heavy atom. The summed E-state index contributed by atoms with van der Waals surface area (Å²) in [6.07, 6.45) is 0. The van der Waals surface area contributed by atoms with Crippen molar-refractivity contribution in [3.05, 3.63) is 24.3 Å². The topological polar surface area (TPSA) is 57.7 Å². The molecule has 1 aromatic carbocycles. The first-order valence-corrected chi connectivity index (χ1v) is 9.82. The standard InChI is InChI=1S/C17H26N2O3S/c1-13(2)11-23(21,22)12-17(20)19-10-14(3)9-18(4)15-7-5-6-8-16(15)19/h5-8,13-14H,9-12H2,1-4H3/t14-/m0/s1. The monoisotopic (exact) mass is 338 g/mol. The van der Waals surface area contributed by atoms with E-state index >= 15 is 0 Å². The van der Waals surface area contributed by atoms with E-state index in [1.54, 1.807) is 4.90 Å². The fourth-order valence-electron chi connectivity index (χ4n) is 3.12. The van der Waals surface area contributed by atoms with E-state index < -0.39 is 15.6 Å². The van der Waals surface area contributed by atoms with E-state index in [9.17, 15) is 13.2 Å². The number of benzene rings is 1. The largest absolute Gasteiger partial charge is 0.373 e. The number of rotatable bonds is 4. The Morgan fingerprint density at radius 1 is 1.22 bits per heavy atom. The van der Waals surface area contributed by atoms with Crippen LogP contribution in [0.25, 0.3) is 0 Å². The highest BCUT2D eigenvalue weighted by molar-refractivity contribution is 7.92. The van der Waals surface area contributed by atoms with Crippen LogP contribution in [0.4, 0.5) is 11.4 Å². The minimum Gasteiger partial charge on any atom is -0.373 e. The van der Waals surface area contributed by atoms with Crippen LogP contribution < -0.4 is 9.80 Å². The van der Waals surface area contributed by atoms with Gasteiger partial charge in [0.15, 0.2) is 9.84 Å². The van der Waals surface area contributed by atoms with E-state index in [1.165, 1.54) is 0 Å². The lowest BCUT2D eigenvalue weighted by molar-refractivity contribution is -0.116. The van der Waals surface area contributed by atoms with Gasteiger partial charge in [0.2, 0.25) is 5.91 Å². The van der Waals surface area contributed by atoms with Gasteiger partial charge in [-0.2, -0.15) is 0 Å². The molecule has 0 saturated carbocycles. The summed E-state index contributed by atoms with van der Waals surface area (Å²) in [4.78, 5) is 16.5. The van der Waals surface area contributed by atoms with Crippen LogP contribution in [-0.4, -0.2) is 46.0 Å². The van der Waals surface area contributed by atoms with Crippen LogP contribution in [0.3, 0.4) is 0 Å². The fraction of sp³-hybridized carbons (Fsp3) is 0.588. The Bertz CT molecular complexity index is 670. The van der Waals surface area contributed by atoms with Crippen molar-refractivity contribution in [3.8, 4) is 0 Å². The van der Waals surface area contributed by atoms with E-state index in [0.717, 1.165) is 17.9 Å². The van der Waals surface area contributed by atoms with Gasteiger partial charge >= 0.3 is 0 Å². The van der Waals surface area contributed by atoms with Gasteiger partial charge in [-0.15, -0.1) is 0 Å². The lowest BCUT2D eigenvalue weighted by atomic mass is 10.1. The maximum Gasteiger partial charge on any atom is 0.242 e. The first kappa shape index (κ1) is 17.8. The van der Waals surface area contributed by atoms with Gasteiger partial charge in [-0.1, -0.05) is 32.9 Å². The predicted octanol–water partition coefficient (Wildman–Crippen LogP) is 2.18. The summed E-state index contributed by atoms with van der Waals surface area (Å²) < 4.78 is 24.4. The summed E-state index contributed by atoms with van der Waals surface area (Å²) in [5.74, 6) is -0.418. The Hall–Kier alpha value is -1.56. The zero-order valence-electron chi connectivity index (χ0n) is 14.3. The van der Waals surface area contributed by atoms with E-state index in [2.05, 4.69) is 11.8 Å². The molecule has 1 amide bonds. The highest BCUT2D eigenvalue weighted by Crippen LogP contribution is 2.32. The minimum atomic E-state index is -3.38. The number of para-hydroxylation sites is 2. The molecule has 0 N–H and O–H groups in total. The van der Waals surface area contributed by atoms with Gasteiger partial charge in [0.1, 0.15) is 5.75 Å². The molecule has 1 aromatic rings. The average Bonchev–Trinajstić information content (AvgIpc) is 2.54. The Labute approximate surface area is 139 Å². The number of sulfone groups is 1. The molecule has 6 heteroatoms. The zero-order chi connectivity index (χ0) is 17.2. The van der Waals surface area contributed by atoms with Gasteiger partial charge in [-0.3, -0.25) is 4.79 Å². The SMILES string of the molecule is CC(C)CS(=O)(=O)CC(=O)N1C[C@@H](C)CN(C)c2ccccc21. The number of hydrogen-bond donors (Lipinski definition) is 0. The molecule has 1 atom stereocenters. The third kappa shape index (κ3) is 4.47. The Morgan fingerprint density at radius 3 is 2.43 bits per heavy atom. The van der Waals surface area contributed by atoms with Crippen LogP contribution in [-0.2, 0) is 14.6 Å². The lowest BCUT2D eigenvalue weighted by Crippen LogP contribution is -2.39. The maximum atomic E-state index is 12.7. The molecule has 0 fully saturated rings.